The van der Waals surface area contributed by atoms with Gasteiger partial charge in [0.15, 0.2) is 0 Å². The number of fused-ring (bicyclic) bond motifs is 1. The van der Waals surface area contributed by atoms with Crippen molar-refractivity contribution < 1.29 is 13.2 Å². The molecular formula is C22H24N4O3S. The molecule has 0 aliphatic carbocycles. The van der Waals surface area contributed by atoms with Crippen LogP contribution in [0.2, 0.25) is 0 Å². The summed E-state index contributed by atoms with van der Waals surface area (Å²) >= 11 is 0. The van der Waals surface area contributed by atoms with E-state index in [2.05, 4.69) is 22.9 Å². The van der Waals surface area contributed by atoms with Gasteiger partial charge in [-0.05, 0) is 37.4 Å². The first-order valence-electron chi connectivity index (χ1n) is 9.77. The van der Waals surface area contributed by atoms with E-state index in [-0.39, 0.29) is 4.90 Å². The Labute approximate surface area is 176 Å². The van der Waals surface area contributed by atoms with E-state index in [0.29, 0.717) is 11.3 Å². The fraction of sp³-hybridized carbons (Fsp3) is 0.318. The van der Waals surface area contributed by atoms with E-state index < -0.39 is 16.1 Å². The van der Waals surface area contributed by atoms with Gasteiger partial charge in [0.2, 0.25) is 0 Å². The molecule has 1 aliphatic rings. The summed E-state index contributed by atoms with van der Waals surface area (Å²) in [5.74, 6) is 0.589. The predicted molar refractivity (Wildman–Crippen MR) is 115 cm³/mol. The first kappa shape index (κ1) is 20.4. The zero-order valence-electron chi connectivity index (χ0n) is 17.0. The topological polar surface area (TPSA) is 78.6 Å². The summed E-state index contributed by atoms with van der Waals surface area (Å²) in [7, 11) is -0.227. The van der Waals surface area contributed by atoms with Gasteiger partial charge in [0.05, 0.1) is 23.6 Å². The maximum absolute atomic E-state index is 13.4. The third-order valence-electron chi connectivity index (χ3n) is 5.64. The molecule has 0 radical (unpaired) electrons. The van der Waals surface area contributed by atoms with Crippen LogP contribution in [0.1, 0.15) is 11.6 Å². The molecule has 1 fully saturated rings. The van der Waals surface area contributed by atoms with Crippen molar-refractivity contribution in [2.24, 2.45) is 0 Å². The fourth-order valence-corrected chi connectivity index (χ4v) is 5.26. The predicted octanol–water partition coefficient (Wildman–Crippen LogP) is 2.70. The van der Waals surface area contributed by atoms with E-state index >= 15 is 0 Å². The molecule has 1 aliphatic heterocycles. The van der Waals surface area contributed by atoms with Crippen LogP contribution >= 0.6 is 0 Å². The average Bonchev–Trinajstić information content (AvgIpc) is 3.16. The number of nitriles is 1. The average molecular weight is 425 g/mol. The number of methoxy groups -OCH3 is 1. The highest BCUT2D eigenvalue weighted by atomic mass is 32.2. The molecule has 156 valence electrons. The van der Waals surface area contributed by atoms with E-state index in [4.69, 9.17) is 4.74 Å². The van der Waals surface area contributed by atoms with Crippen LogP contribution in [0.3, 0.4) is 0 Å². The Kier molecular flexibility index (Phi) is 5.52. The van der Waals surface area contributed by atoms with Gasteiger partial charge >= 0.3 is 0 Å². The summed E-state index contributed by atoms with van der Waals surface area (Å²) < 4.78 is 33.2. The molecule has 0 saturated carbocycles. The number of hydrogen-bond acceptors (Lipinski definition) is 6. The third-order valence-corrected chi connectivity index (χ3v) is 7.33. The maximum atomic E-state index is 13.4. The zero-order chi connectivity index (χ0) is 21.3. The Morgan fingerprint density at radius 3 is 2.33 bits per heavy atom. The molecule has 1 saturated heterocycles. The first-order chi connectivity index (χ1) is 14.5. The second-order valence-corrected chi connectivity index (χ2v) is 9.26. The highest BCUT2D eigenvalue weighted by Gasteiger charge is 2.29. The maximum Gasteiger partial charge on any atom is 0.268 e. The summed E-state index contributed by atoms with van der Waals surface area (Å²) in [5.41, 5.74) is 1.28. The van der Waals surface area contributed by atoms with Gasteiger partial charge < -0.3 is 9.64 Å². The van der Waals surface area contributed by atoms with Crippen molar-refractivity contribution in [2.75, 3.05) is 40.3 Å². The van der Waals surface area contributed by atoms with Gasteiger partial charge in [0.25, 0.3) is 10.0 Å². The van der Waals surface area contributed by atoms with Crippen LogP contribution in [0.15, 0.2) is 59.6 Å². The Morgan fingerprint density at radius 2 is 1.70 bits per heavy atom. The van der Waals surface area contributed by atoms with Crippen LogP contribution in [0, 0.1) is 11.3 Å². The van der Waals surface area contributed by atoms with E-state index in [9.17, 15) is 13.7 Å². The summed E-state index contributed by atoms with van der Waals surface area (Å²) in [6.07, 6.45) is 1.61. The molecule has 1 aromatic heterocycles. The molecule has 2 aromatic carbocycles. The van der Waals surface area contributed by atoms with Crippen molar-refractivity contribution in [3.8, 4) is 11.8 Å². The number of piperazine rings is 1. The number of ether oxygens (including phenoxy) is 1. The third kappa shape index (κ3) is 3.56. The smallest absolute Gasteiger partial charge is 0.268 e. The molecule has 7 nitrogen and oxygen atoms in total. The van der Waals surface area contributed by atoms with E-state index in [0.717, 1.165) is 37.1 Å². The van der Waals surface area contributed by atoms with Gasteiger partial charge in [-0.2, -0.15) is 5.26 Å². The summed E-state index contributed by atoms with van der Waals surface area (Å²) in [6.45, 7) is 3.28. The summed E-state index contributed by atoms with van der Waals surface area (Å²) in [6, 6.07) is 15.5. The number of aromatic nitrogens is 1. The van der Waals surface area contributed by atoms with Crippen molar-refractivity contribution in [2.45, 2.75) is 10.9 Å². The zero-order valence-corrected chi connectivity index (χ0v) is 17.8. The Balaban J connectivity index is 1.81. The molecule has 0 bridgehead atoms. The summed E-state index contributed by atoms with van der Waals surface area (Å²) in [4.78, 5) is 4.51. The molecule has 1 atom stereocenters. The van der Waals surface area contributed by atoms with Crippen molar-refractivity contribution in [3.05, 3.63) is 60.3 Å². The molecule has 0 spiro atoms. The van der Waals surface area contributed by atoms with Gasteiger partial charge in [-0.3, -0.25) is 4.90 Å². The molecule has 0 amide bonds. The standard InChI is InChI=1S/C22H24N4O3S/c1-24-11-13-25(14-12-24)22(15-23)20-16-26(21-6-4-3-5-19(20)21)30(27,28)18-9-7-17(29-2)8-10-18/h3-10,16,22H,11-14H2,1-2H3. The van der Waals surface area contributed by atoms with E-state index in [1.54, 1.807) is 24.4 Å². The second-order valence-electron chi connectivity index (χ2n) is 7.45. The van der Waals surface area contributed by atoms with Gasteiger partial charge in [0.1, 0.15) is 11.8 Å². The molecule has 0 N–H and O–H groups in total. The minimum atomic E-state index is -3.83. The minimum Gasteiger partial charge on any atom is -0.497 e. The minimum absolute atomic E-state index is 0.170. The number of likely N-dealkylation sites (N-methyl/N-ethyl adjacent to an activating group) is 1. The van der Waals surface area contributed by atoms with Crippen LogP contribution in [0.5, 0.6) is 5.75 Å². The van der Waals surface area contributed by atoms with Crippen LogP contribution in [-0.2, 0) is 10.0 Å². The molecular weight excluding hydrogens is 400 g/mol. The number of nitrogens with zero attached hydrogens (tertiary/aromatic N) is 4. The highest BCUT2D eigenvalue weighted by molar-refractivity contribution is 7.90. The van der Waals surface area contributed by atoms with Crippen LogP contribution < -0.4 is 4.74 Å². The Bertz CT molecular complexity index is 1190. The SMILES string of the molecule is COc1ccc(S(=O)(=O)n2cc(C(C#N)N3CCN(C)CC3)c3ccccc32)cc1. The van der Waals surface area contributed by atoms with E-state index in [1.807, 2.05) is 18.2 Å². The van der Waals surface area contributed by atoms with Crippen molar-refractivity contribution in [1.29, 1.82) is 5.26 Å². The van der Waals surface area contributed by atoms with Crippen molar-refractivity contribution in [1.82, 2.24) is 13.8 Å². The van der Waals surface area contributed by atoms with Gasteiger partial charge in [-0.15, -0.1) is 0 Å². The Hall–Kier alpha value is -2.86. The largest absolute Gasteiger partial charge is 0.497 e. The molecule has 3 aromatic rings. The monoisotopic (exact) mass is 424 g/mol. The summed E-state index contributed by atoms with van der Waals surface area (Å²) in [5, 5.41) is 10.7. The van der Waals surface area contributed by atoms with Gasteiger partial charge in [0, 0.05) is 43.3 Å². The lowest BCUT2D eigenvalue weighted by molar-refractivity contribution is 0.133. The lowest BCUT2D eigenvalue weighted by Gasteiger charge is -2.35. The first-order valence-corrected chi connectivity index (χ1v) is 11.2. The number of para-hydroxylation sites is 1. The Morgan fingerprint density at radius 1 is 1.03 bits per heavy atom. The second kappa shape index (κ2) is 8.11. The quantitative estimate of drug-likeness (QED) is 0.627. The lowest BCUT2D eigenvalue weighted by Crippen LogP contribution is -2.45. The molecule has 30 heavy (non-hydrogen) atoms. The molecule has 1 unspecified atom stereocenters. The van der Waals surface area contributed by atoms with Gasteiger partial charge in [-0.25, -0.2) is 12.4 Å². The molecule has 4 rings (SSSR count). The fourth-order valence-electron chi connectivity index (χ4n) is 3.88. The number of rotatable bonds is 5. The van der Waals surface area contributed by atoms with Crippen LogP contribution in [-0.4, -0.2) is 62.5 Å². The number of hydrogen-bond donors (Lipinski definition) is 0. The van der Waals surface area contributed by atoms with Crippen molar-refractivity contribution >= 4 is 20.9 Å². The number of benzene rings is 2. The normalized spacial score (nSPS) is 17.0. The van der Waals surface area contributed by atoms with Crippen LogP contribution in [0.4, 0.5) is 0 Å². The molecule has 8 heteroatoms. The lowest BCUT2D eigenvalue weighted by atomic mass is 10.0. The molecule has 2 heterocycles. The van der Waals surface area contributed by atoms with Crippen LogP contribution in [0.25, 0.3) is 10.9 Å². The van der Waals surface area contributed by atoms with E-state index in [1.165, 1.54) is 23.2 Å². The van der Waals surface area contributed by atoms with Crippen molar-refractivity contribution in [3.63, 3.8) is 0 Å². The highest BCUT2D eigenvalue weighted by Crippen LogP contribution is 2.33. The van der Waals surface area contributed by atoms with Gasteiger partial charge in [-0.1, -0.05) is 18.2 Å².